The summed E-state index contributed by atoms with van der Waals surface area (Å²) in [5.41, 5.74) is 8.12. The molecule has 0 aliphatic carbocycles. The van der Waals surface area contributed by atoms with E-state index >= 15 is 0 Å². The summed E-state index contributed by atoms with van der Waals surface area (Å²) in [5, 5.41) is 3.61. The van der Waals surface area contributed by atoms with Crippen molar-refractivity contribution in [1.29, 1.82) is 0 Å². The van der Waals surface area contributed by atoms with Crippen molar-refractivity contribution in [2.45, 2.75) is 32.4 Å². The van der Waals surface area contributed by atoms with Gasteiger partial charge >= 0.3 is 5.97 Å². The van der Waals surface area contributed by atoms with Gasteiger partial charge in [-0.25, -0.2) is 4.79 Å². The highest BCUT2D eigenvalue weighted by molar-refractivity contribution is 5.93. The van der Waals surface area contributed by atoms with E-state index in [2.05, 4.69) is 109 Å². The maximum absolute atomic E-state index is 13.5. The minimum Gasteiger partial charge on any atom is -0.466 e. The average molecular weight is 489 g/mol. The number of carbonyl (C=O) groups is 1. The molecule has 186 valence electrons. The predicted molar refractivity (Wildman–Crippen MR) is 150 cm³/mol. The van der Waals surface area contributed by atoms with E-state index in [0.717, 1.165) is 22.6 Å². The average Bonchev–Trinajstić information content (AvgIpc) is 2.94. The summed E-state index contributed by atoms with van der Waals surface area (Å²) in [6.45, 7) is 4.16. The number of esters is 1. The van der Waals surface area contributed by atoms with Crippen molar-refractivity contribution in [3.05, 3.63) is 143 Å². The molecule has 0 radical (unpaired) electrons. The van der Waals surface area contributed by atoms with Gasteiger partial charge in [0.2, 0.25) is 0 Å². The van der Waals surface area contributed by atoms with E-state index in [1.54, 1.807) is 0 Å². The molecule has 0 saturated heterocycles. The molecule has 0 aromatic heterocycles. The molecule has 5 rings (SSSR count). The molecule has 1 heterocycles. The van der Waals surface area contributed by atoms with Gasteiger partial charge in [0.15, 0.2) is 0 Å². The Morgan fingerprint density at radius 3 is 1.86 bits per heavy atom. The summed E-state index contributed by atoms with van der Waals surface area (Å²) in [4.78, 5) is 15.9. The quantitative estimate of drug-likeness (QED) is 0.285. The van der Waals surface area contributed by atoms with Crippen molar-refractivity contribution >= 4 is 17.3 Å². The molecule has 2 atom stereocenters. The Morgan fingerprint density at radius 1 is 0.757 bits per heavy atom. The topological polar surface area (TPSA) is 41.6 Å². The van der Waals surface area contributed by atoms with Gasteiger partial charge in [-0.05, 0) is 49.2 Å². The minimum atomic E-state index is -0.344. The number of hydrogen-bond donors (Lipinski definition) is 1. The molecular formula is C33H32N2O2. The second-order valence-electron chi connectivity index (χ2n) is 9.56. The molecule has 0 saturated carbocycles. The van der Waals surface area contributed by atoms with Crippen LogP contribution in [0.4, 0.5) is 11.4 Å². The molecule has 0 amide bonds. The van der Waals surface area contributed by atoms with Gasteiger partial charge < -0.3 is 15.0 Å². The number of benzene rings is 4. The fourth-order valence-corrected chi connectivity index (χ4v) is 5.12. The molecule has 4 nitrogen and oxygen atoms in total. The predicted octanol–water partition coefficient (Wildman–Crippen LogP) is 7.54. The largest absolute Gasteiger partial charge is 0.466 e. The molecular weight excluding hydrogens is 456 g/mol. The minimum absolute atomic E-state index is 0.00420. The second kappa shape index (κ2) is 10.8. The summed E-state index contributed by atoms with van der Waals surface area (Å²) in [5.74, 6) is -0.327. The van der Waals surface area contributed by atoms with Crippen molar-refractivity contribution in [2.24, 2.45) is 0 Å². The van der Waals surface area contributed by atoms with Crippen molar-refractivity contribution in [2.75, 3.05) is 17.3 Å². The van der Waals surface area contributed by atoms with Gasteiger partial charge in [0.1, 0.15) is 0 Å². The standard InChI is InChI=1S/C33H32N2O2/c1-23-14-18-27(19-15-23)34-29-22-30(25-10-6-4-7-11-25)35(28-20-16-24(2)17-21-28)32(31(29)33(36)37-3)26-12-8-5-9-13-26/h4-21,30,32,34H,22H2,1-3H3. The number of carbonyl (C=O) groups excluding carboxylic acids is 1. The molecule has 1 aliphatic heterocycles. The number of rotatable bonds is 6. The monoisotopic (exact) mass is 488 g/mol. The summed E-state index contributed by atoms with van der Waals surface area (Å²) >= 11 is 0. The van der Waals surface area contributed by atoms with E-state index in [-0.39, 0.29) is 18.1 Å². The Bertz CT molecular complexity index is 1380. The van der Waals surface area contributed by atoms with Gasteiger partial charge in [-0.15, -0.1) is 0 Å². The van der Waals surface area contributed by atoms with E-state index in [0.29, 0.717) is 12.0 Å². The lowest BCUT2D eigenvalue weighted by Crippen LogP contribution is -2.41. The van der Waals surface area contributed by atoms with Gasteiger partial charge in [0.25, 0.3) is 0 Å². The lowest BCUT2D eigenvalue weighted by atomic mass is 9.84. The molecule has 0 fully saturated rings. The first kappa shape index (κ1) is 24.4. The molecule has 0 spiro atoms. The first-order chi connectivity index (χ1) is 18.0. The van der Waals surface area contributed by atoms with Crippen molar-refractivity contribution < 1.29 is 9.53 Å². The Labute approximate surface area is 219 Å². The fourth-order valence-electron chi connectivity index (χ4n) is 5.12. The van der Waals surface area contributed by atoms with Gasteiger partial charge in [-0.1, -0.05) is 96.1 Å². The smallest absolute Gasteiger partial charge is 0.337 e. The van der Waals surface area contributed by atoms with Gasteiger partial charge in [0.05, 0.1) is 24.8 Å². The number of hydrogen-bond acceptors (Lipinski definition) is 4. The van der Waals surface area contributed by atoms with Crippen LogP contribution in [0.25, 0.3) is 0 Å². The van der Waals surface area contributed by atoms with E-state index in [9.17, 15) is 4.79 Å². The van der Waals surface area contributed by atoms with E-state index in [4.69, 9.17) is 4.74 Å². The van der Waals surface area contributed by atoms with Crippen molar-refractivity contribution in [1.82, 2.24) is 0 Å². The van der Waals surface area contributed by atoms with Crippen LogP contribution >= 0.6 is 0 Å². The first-order valence-corrected chi connectivity index (χ1v) is 12.6. The van der Waals surface area contributed by atoms with E-state index in [1.165, 1.54) is 23.8 Å². The zero-order chi connectivity index (χ0) is 25.8. The van der Waals surface area contributed by atoms with Crippen LogP contribution in [0, 0.1) is 13.8 Å². The van der Waals surface area contributed by atoms with Crippen molar-refractivity contribution in [3.63, 3.8) is 0 Å². The molecule has 2 unspecified atom stereocenters. The molecule has 37 heavy (non-hydrogen) atoms. The fraction of sp³-hybridized carbons (Fsp3) is 0.182. The summed E-state index contributed by atoms with van der Waals surface area (Å²) in [7, 11) is 1.46. The highest BCUT2D eigenvalue weighted by atomic mass is 16.5. The Kier molecular flexibility index (Phi) is 7.09. The molecule has 4 aromatic rings. The van der Waals surface area contributed by atoms with Crippen LogP contribution in [-0.2, 0) is 9.53 Å². The van der Waals surface area contributed by atoms with E-state index < -0.39 is 0 Å². The van der Waals surface area contributed by atoms with Crippen LogP contribution in [0.2, 0.25) is 0 Å². The summed E-state index contributed by atoms with van der Waals surface area (Å²) < 4.78 is 5.41. The molecule has 4 heteroatoms. The van der Waals surface area contributed by atoms with Crippen LogP contribution in [-0.4, -0.2) is 13.1 Å². The van der Waals surface area contributed by atoms with Crippen LogP contribution in [0.5, 0.6) is 0 Å². The molecule has 0 bridgehead atoms. The third-order valence-electron chi connectivity index (χ3n) is 6.99. The van der Waals surface area contributed by atoms with Crippen LogP contribution in [0.1, 0.15) is 40.8 Å². The third-order valence-corrected chi connectivity index (χ3v) is 6.99. The van der Waals surface area contributed by atoms with Gasteiger partial charge in [-0.3, -0.25) is 0 Å². The lowest BCUT2D eigenvalue weighted by Gasteiger charge is -2.46. The summed E-state index contributed by atoms with van der Waals surface area (Å²) in [6.07, 6.45) is 0.625. The van der Waals surface area contributed by atoms with Gasteiger partial charge in [0, 0.05) is 23.5 Å². The SMILES string of the molecule is COC(=O)C1=C(Nc2ccc(C)cc2)CC(c2ccccc2)N(c2ccc(C)cc2)C1c1ccccc1. The number of methoxy groups -OCH3 is 1. The zero-order valence-electron chi connectivity index (χ0n) is 21.5. The molecule has 1 N–H and O–H groups in total. The van der Waals surface area contributed by atoms with Crippen LogP contribution < -0.4 is 10.2 Å². The Balaban J connectivity index is 1.75. The number of nitrogens with one attached hydrogen (secondary N) is 1. The lowest BCUT2D eigenvalue weighted by molar-refractivity contribution is -0.136. The van der Waals surface area contributed by atoms with Crippen molar-refractivity contribution in [3.8, 4) is 0 Å². The highest BCUT2D eigenvalue weighted by Crippen LogP contribution is 2.48. The highest BCUT2D eigenvalue weighted by Gasteiger charge is 2.41. The number of ether oxygens (including phenoxy) is 1. The normalized spacial score (nSPS) is 17.4. The molecule has 1 aliphatic rings. The third kappa shape index (κ3) is 5.14. The maximum atomic E-state index is 13.5. The summed E-state index contributed by atoms with van der Waals surface area (Å²) in [6, 6.07) is 37.2. The number of anilines is 2. The first-order valence-electron chi connectivity index (χ1n) is 12.6. The van der Waals surface area contributed by atoms with Gasteiger partial charge in [-0.2, -0.15) is 0 Å². The Hall–Kier alpha value is -4.31. The Morgan fingerprint density at radius 2 is 1.30 bits per heavy atom. The number of nitrogens with zero attached hydrogens (tertiary/aromatic N) is 1. The van der Waals surface area contributed by atoms with Crippen LogP contribution in [0.3, 0.4) is 0 Å². The zero-order valence-corrected chi connectivity index (χ0v) is 21.5. The molecule has 4 aromatic carbocycles. The van der Waals surface area contributed by atoms with E-state index in [1.807, 2.05) is 24.3 Å². The van der Waals surface area contributed by atoms with Crippen LogP contribution in [0.15, 0.2) is 120 Å². The number of aryl methyl sites for hydroxylation is 2. The maximum Gasteiger partial charge on any atom is 0.337 e. The second-order valence-corrected chi connectivity index (χ2v) is 9.56.